The molecule has 7 nitrogen and oxygen atoms in total. The summed E-state index contributed by atoms with van der Waals surface area (Å²) in [6, 6.07) is 17.2. The molecule has 2 saturated heterocycles. The van der Waals surface area contributed by atoms with E-state index in [1.54, 1.807) is 11.8 Å². The molecule has 29 heavy (non-hydrogen) atoms. The summed E-state index contributed by atoms with van der Waals surface area (Å²) < 4.78 is 20.6. The van der Waals surface area contributed by atoms with Crippen molar-refractivity contribution in [2.75, 3.05) is 13.7 Å². The predicted octanol–water partition coefficient (Wildman–Crippen LogP) is 3.33. The number of Topliss-reactive ketones (excluding diaryl/α,β-unsaturated/α-hetero) is 1. The van der Waals surface area contributed by atoms with Gasteiger partial charge in [-0.1, -0.05) is 18.2 Å². The van der Waals surface area contributed by atoms with E-state index in [0.29, 0.717) is 17.2 Å². The number of carbonyl (C=O) groups is 1. The van der Waals surface area contributed by atoms with Gasteiger partial charge in [-0.25, -0.2) is 4.68 Å². The van der Waals surface area contributed by atoms with E-state index in [1.165, 1.54) is 0 Å². The molecular formula is C21H19N3O4S. The van der Waals surface area contributed by atoms with Gasteiger partial charge in [0, 0.05) is 17.7 Å². The van der Waals surface area contributed by atoms with Crippen LogP contribution in [-0.2, 0) is 14.3 Å². The predicted molar refractivity (Wildman–Crippen MR) is 108 cm³/mol. The van der Waals surface area contributed by atoms with Crippen molar-refractivity contribution >= 4 is 18.0 Å². The Kier molecular flexibility index (Phi) is 4.54. The summed E-state index contributed by atoms with van der Waals surface area (Å²) in [6.07, 6.45) is -0.702. The number of ether oxygens (including phenoxy) is 3. The van der Waals surface area contributed by atoms with E-state index < -0.39 is 6.29 Å². The average molecular weight is 409 g/mol. The van der Waals surface area contributed by atoms with E-state index in [4.69, 9.17) is 31.5 Å². The SMILES string of the molecule is COc1ccc(-c2nn([C@H]3CC(=O)[C@H]4OC[C@@H]3O4)c(=S)n2-c2ccccc2)cc1. The molecule has 5 rings (SSSR count). The van der Waals surface area contributed by atoms with Crippen LogP contribution in [0.1, 0.15) is 12.5 Å². The minimum atomic E-state index is -0.748. The highest BCUT2D eigenvalue weighted by Crippen LogP contribution is 2.34. The largest absolute Gasteiger partial charge is 0.497 e. The minimum absolute atomic E-state index is 0.0779. The van der Waals surface area contributed by atoms with Crippen molar-refractivity contribution in [3.05, 3.63) is 59.4 Å². The summed E-state index contributed by atoms with van der Waals surface area (Å²) >= 11 is 5.81. The maximum Gasteiger partial charge on any atom is 0.218 e. The Balaban J connectivity index is 1.66. The van der Waals surface area contributed by atoms with Gasteiger partial charge in [0.2, 0.25) is 11.1 Å². The molecule has 0 amide bonds. The second-order valence-electron chi connectivity index (χ2n) is 7.03. The lowest BCUT2D eigenvalue weighted by Gasteiger charge is -2.26. The van der Waals surface area contributed by atoms with Crippen LogP contribution in [0.15, 0.2) is 54.6 Å². The maximum absolute atomic E-state index is 12.3. The molecule has 3 aromatic rings. The molecule has 8 heteroatoms. The molecule has 0 N–H and O–H groups in total. The number of methoxy groups -OCH3 is 1. The molecule has 1 aromatic heterocycles. The van der Waals surface area contributed by atoms with Gasteiger partial charge in [-0.05, 0) is 48.6 Å². The van der Waals surface area contributed by atoms with Crippen LogP contribution in [0.4, 0.5) is 0 Å². The molecular weight excluding hydrogens is 390 g/mol. The Labute approximate surface area is 172 Å². The first kappa shape index (κ1) is 18.2. The van der Waals surface area contributed by atoms with Gasteiger partial charge in [0.15, 0.2) is 11.6 Å². The summed E-state index contributed by atoms with van der Waals surface area (Å²) in [7, 11) is 1.63. The van der Waals surface area contributed by atoms with Gasteiger partial charge in [-0.2, -0.15) is 5.10 Å². The van der Waals surface area contributed by atoms with Crippen LogP contribution in [0.3, 0.4) is 0 Å². The number of nitrogens with zero attached hydrogens (tertiary/aromatic N) is 3. The van der Waals surface area contributed by atoms with Gasteiger partial charge in [0.05, 0.1) is 19.8 Å². The van der Waals surface area contributed by atoms with Crippen LogP contribution in [0, 0.1) is 4.77 Å². The molecule has 0 saturated carbocycles. The van der Waals surface area contributed by atoms with Crippen molar-refractivity contribution in [2.24, 2.45) is 0 Å². The van der Waals surface area contributed by atoms with Crippen molar-refractivity contribution in [3.63, 3.8) is 0 Å². The highest BCUT2D eigenvalue weighted by Gasteiger charge is 2.45. The topological polar surface area (TPSA) is 67.5 Å². The number of carbonyl (C=O) groups excluding carboxylic acids is 1. The zero-order valence-electron chi connectivity index (χ0n) is 15.7. The fourth-order valence-corrected chi connectivity index (χ4v) is 4.17. The quantitative estimate of drug-likeness (QED) is 0.616. The Morgan fingerprint density at radius 3 is 2.62 bits per heavy atom. The summed E-state index contributed by atoms with van der Waals surface area (Å²) in [4.78, 5) is 12.3. The zero-order chi connectivity index (χ0) is 20.0. The van der Waals surface area contributed by atoms with Crippen LogP contribution in [-0.4, -0.2) is 46.2 Å². The summed E-state index contributed by atoms with van der Waals surface area (Å²) in [5.41, 5.74) is 1.79. The molecule has 2 aliphatic rings. The lowest BCUT2D eigenvalue weighted by molar-refractivity contribution is -0.156. The average Bonchev–Trinajstić information content (AvgIpc) is 3.34. The smallest absolute Gasteiger partial charge is 0.218 e. The molecule has 148 valence electrons. The molecule has 0 radical (unpaired) electrons. The number of rotatable bonds is 4. The van der Waals surface area contributed by atoms with Crippen molar-refractivity contribution in [2.45, 2.75) is 24.9 Å². The lowest BCUT2D eigenvalue weighted by Crippen LogP contribution is -2.37. The van der Waals surface area contributed by atoms with E-state index >= 15 is 0 Å². The molecule has 2 aromatic carbocycles. The minimum Gasteiger partial charge on any atom is -0.497 e. The van der Waals surface area contributed by atoms with E-state index in [1.807, 2.05) is 59.2 Å². The summed E-state index contributed by atoms with van der Waals surface area (Å²) in [5, 5.41) is 4.83. The number of para-hydroxylation sites is 1. The third-order valence-corrected chi connectivity index (χ3v) is 5.66. The lowest BCUT2D eigenvalue weighted by atomic mass is 10.0. The van der Waals surface area contributed by atoms with Gasteiger partial charge in [-0.15, -0.1) is 0 Å². The van der Waals surface area contributed by atoms with Gasteiger partial charge < -0.3 is 14.2 Å². The third-order valence-electron chi connectivity index (χ3n) is 5.29. The van der Waals surface area contributed by atoms with E-state index in [2.05, 4.69) is 0 Å². The second-order valence-corrected chi connectivity index (χ2v) is 7.39. The van der Waals surface area contributed by atoms with Crippen LogP contribution in [0.2, 0.25) is 0 Å². The van der Waals surface area contributed by atoms with Gasteiger partial charge in [0.1, 0.15) is 11.9 Å². The number of ketones is 1. The summed E-state index contributed by atoms with van der Waals surface area (Å²) in [6.45, 7) is 0.360. The Morgan fingerprint density at radius 2 is 1.90 bits per heavy atom. The van der Waals surface area contributed by atoms with Crippen molar-refractivity contribution in [1.82, 2.24) is 14.3 Å². The van der Waals surface area contributed by atoms with Crippen LogP contribution in [0.5, 0.6) is 5.75 Å². The Hall–Kier alpha value is -2.81. The standard InChI is InChI=1S/C21H19N3O4S/c1-26-15-9-7-13(8-10-15)19-22-24(16-11-17(25)20-27-12-18(16)28-20)21(29)23(19)14-5-3-2-4-6-14/h2-10,16,18,20H,11-12H2,1H3/t16-,18-,20-/m0/s1. The fourth-order valence-electron chi connectivity index (χ4n) is 3.80. The van der Waals surface area contributed by atoms with Crippen molar-refractivity contribution in [1.29, 1.82) is 0 Å². The van der Waals surface area contributed by atoms with Crippen LogP contribution < -0.4 is 4.74 Å². The van der Waals surface area contributed by atoms with Crippen molar-refractivity contribution < 1.29 is 19.0 Å². The first-order valence-electron chi connectivity index (χ1n) is 9.37. The van der Waals surface area contributed by atoms with Gasteiger partial charge >= 0.3 is 0 Å². The fraction of sp³-hybridized carbons (Fsp3) is 0.286. The monoisotopic (exact) mass is 409 g/mol. The zero-order valence-corrected chi connectivity index (χ0v) is 16.5. The molecule has 3 atom stereocenters. The van der Waals surface area contributed by atoms with Gasteiger partial charge in [0.25, 0.3) is 0 Å². The molecule has 0 unspecified atom stereocenters. The number of hydrogen-bond acceptors (Lipinski definition) is 6. The van der Waals surface area contributed by atoms with Gasteiger partial charge in [-0.3, -0.25) is 9.36 Å². The molecule has 2 aliphatic heterocycles. The molecule has 2 fully saturated rings. The molecule has 0 aliphatic carbocycles. The normalized spacial score (nSPS) is 23.3. The second kappa shape index (κ2) is 7.22. The molecule has 3 heterocycles. The van der Waals surface area contributed by atoms with E-state index in [0.717, 1.165) is 17.0 Å². The van der Waals surface area contributed by atoms with Crippen molar-refractivity contribution in [3.8, 4) is 22.8 Å². The molecule has 2 bridgehead atoms. The Morgan fingerprint density at radius 1 is 1.14 bits per heavy atom. The van der Waals surface area contributed by atoms with E-state index in [9.17, 15) is 4.79 Å². The number of aromatic nitrogens is 3. The highest BCUT2D eigenvalue weighted by atomic mass is 32.1. The highest BCUT2D eigenvalue weighted by molar-refractivity contribution is 7.71. The van der Waals surface area contributed by atoms with Crippen LogP contribution >= 0.6 is 12.2 Å². The van der Waals surface area contributed by atoms with E-state index in [-0.39, 0.29) is 24.3 Å². The number of hydrogen-bond donors (Lipinski definition) is 0. The summed E-state index contributed by atoms with van der Waals surface area (Å²) in [5.74, 6) is 1.38. The first-order valence-corrected chi connectivity index (χ1v) is 9.77. The number of fused-ring (bicyclic) bond motifs is 2. The number of benzene rings is 2. The maximum atomic E-state index is 12.3. The third kappa shape index (κ3) is 3.09. The van der Waals surface area contributed by atoms with Crippen LogP contribution in [0.25, 0.3) is 17.1 Å². The molecule has 0 spiro atoms. The first-order chi connectivity index (χ1) is 14.2. The Bertz CT molecular complexity index is 1110.